The summed E-state index contributed by atoms with van der Waals surface area (Å²) in [5.74, 6) is 1.73. The van der Waals surface area contributed by atoms with Crippen molar-refractivity contribution in [3.05, 3.63) is 36.3 Å². The third-order valence-electron chi connectivity index (χ3n) is 4.54. The Balaban J connectivity index is 1.73. The van der Waals surface area contributed by atoms with Crippen LogP contribution in [0.25, 0.3) is 11.3 Å². The summed E-state index contributed by atoms with van der Waals surface area (Å²) in [6, 6.07) is 6.60. The number of rotatable bonds is 3. The van der Waals surface area contributed by atoms with Crippen molar-refractivity contribution in [1.82, 2.24) is 9.55 Å². The smallest absolute Gasteiger partial charge is 0.0951 e. The van der Waals surface area contributed by atoms with E-state index in [1.54, 1.807) is 0 Å². The highest BCUT2D eigenvalue weighted by Crippen LogP contribution is 2.40. The minimum atomic E-state index is 0.845. The molecule has 0 amide bonds. The van der Waals surface area contributed by atoms with Gasteiger partial charge in [0.1, 0.15) is 0 Å². The Kier molecular flexibility index (Phi) is 2.40. The lowest BCUT2D eigenvalue weighted by atomic mass is 10.1. The molecule has 3 heteroatoms. The zero-order chi connectivity index (χ0) is 12.8. The highest BCUT2D eigenvalue weighted by Gasteiger charge is 2.33. The van der Waals surface area contributed by atoms with Crippen LogP contribution in [-0.2, 0) is 13.0 Å². The Morgan fingerprint density at radius 2 is 2.32 bits per heavy atom. The molecule has 0 spiro atoms. The molecule has 0 radical (unpaired) electrons. The Bertz CT molecular complexity index is 614. The lowest BCUT2D eigenvalue weighted by Crippen LogP contribution is -2.02. The molecule has 0 bridgehead atoms. The summed E-state index contributed by atoms with van der Waals surface area (Å²) in [5, 5.41) is 3.52. The van der Waals surface area contributed by atoms with Gasteiger partial charge in [0.05, 0.1) is 18.2 Å². The van der Waals surface area contributed by atoms with E-state index in [0.717, 1.165) is 31.3 Å². The summed E-state index contributed by atoms with van der Waals surface area (Å²) in [6.45, 7) is 4.50. The zero-order valence-electron chi connectivity index (χ0n) is 11.3. The van der Waals surface area contributed by atoms with E-state index in [1.807, 2.05) is 12.5 Å². The minimum Gasteiger partial charge on any atom is -0.384 e. The SMILES string of the molecule is CC1CC1Cn1cncc1-c1cccc2c1NCC2. The van der Waals surface area contributed by atoms with E-state index in [2.05, 4.69) is 40.0 Å². The predicted octanol–water partition coefficient (Wildman–Crippen LogP) is 3.17. The number of hydrogen-bond donors (Lipinski definition) is 1. The maximum atomic E-state index is 4.37. The Labute approximate surface area is 113 Å². The first-order chi connectivity index (χ1) is 9.33. The molecular weight excluding hydrogens is 234 g/mol. The number of anilines is 1. The van der Waals surface area contributed by atoms with Crippen LogP contribution in [0.15, 0.2) is 30.7 Å². The fraction of sp³-hybridized carbons (Fsp3) is 0.438. The molecule has 1 aromatic carbocycles. The van der Waals surface area contributed by atoms with Crippen molar-refractivity contribution in [2.45, 2.75) is 26.3 Å². The van der Waals surface area contributed by atoms with E-state index < -0.39 is 0 Å². The molecule has 1 aliphatic carbocycles. The van der Waals surface area contributed by atoms with Crippen LogP contribution in [0.2, 0.25) is 0 Å². The van der Waals surface area contributed by atoms with Gasteiger partial charge >= 0.3 is 0 Å². The topological polar surface area (TPSA) is 29.9 Å². The second-order valence-corrected chi connectivity index (χ2v) is 5.92. The molecule has 2 unspecified atom stereocenters. The Morgan fingerprint density at radius 3 is 3.16 bits per heavy atom. The van der Waals surface area contributed by atoms with Gasteiger partial charge in [-0.1, -0.05) is 25.1 Å². The van der Waals surface area contributed by atoms with Crippen LogP contribution < -0.4 is 5.32 Å². The molecule has 4 rings (SSSR count). The van der Waals surface area contributed by atoms with Crippen molar-refractivity contribution in [1.29, 1.82) is 0 Å². The summed E-state index contributed by atoms with van der Waals surface area (Å²) in [5.41, 5.74) is 5.31. The number of aromatic nitrogens is 2. The molecule has 1 fully saturated rings. The van der Waals surface area contributed by atoms with Gasteiger partial charge in [0, 0.05) is 24.3 Å². The predicted molar refractivity (Wildman–Crippen MR) is 77.1 cm³/mol. The van der Waals surface area contributed by atoms with Gasteiger partial charge in [-0.15, -0.1) is 0 Å². The molecule has 2 aromatic rings. The first kappa shape index (κ1) is 11.1. The van der Waals surface area contributed by atoms with Crippen molar-refractivity contribution in [3.8, 4) is 11.3 Å². The molecule has 98 valence electrons. The second-order valence-electron chi connectivity index (χ2n) is 5.92. The number of hydrogen-bond acceptors (Lipinski definition) is 2. The molecule has 1 aromatic heterocycles. The lowest BCUT2D eigenvalue weighted by molar-refractivity contribution is 0.597. The molecule has 1 N–H and O–H groups in total. The fourth-order valence-corrected chi connectivity index (χ4v) is 3.15. The molecule has 0 saturated heterocycles. The molecular formula is C16H19N3. The van der Waals surface area contributed by atoms with Gasteiger partial charge < -0.3 is 9.88 Å². The summed E-state index contributed by atoms with van der Waals surface area (Å²) in [7, 11) is 0. The number of nitrogens with one attached hydrogen (secondary N) is 1. The number of nitrogens with zero attached hydrogens (tertiary/aromatic N) is 2. The van der Waals surface area contributed by atoms with E-state index in [-0.39, 0.29) is 0 Å². The first-order valence-electron chi connectivity index (χ1n) is 7.19. The second kappa shape index (κ2) is 4.12. The summed E-state index contributed by atoms with van der Waals surface area (Å²) in [6.07, 6.45) is 6.48. The van der Waals surface area contributed by atoms with Crippen molar-refractivity contribution in [3.63, 3.8) is 0 Å². The summed E-state index contributed by atoms with van der Waals surface area (Å²) >= 11 is 0. The van der Waals surface area contributed by atoms with Crippen molar-refractivity contribution in [2.24, 2.45) is 11.8 Å². The van der Waals surface area contributed by atoms with Crippen LogP contribution in [0.4, 0.5) is 5.69 Å². The third-order valence-corrected chi connectivity index (χ3v) is 4.54. The maximum absolute atomic E-state index is 4.37. The van der Waals surface area contributed by atoms with Crippen molar-refractivity contribution < 1.29 is 0 Å². The summed E-state index contributed by atoms with van der Waals surface area (Å²) < 4.78 is 2.32. The molecule has 3 nitrogen and oxygen atoms in total. The number of para-hydroxylation sites is 1. The van der Waals surface area contributed by atoms with Gasteiger partial charge in [0.15, 0.2) is 0 Å². The highest BCUT2D eigenvalue weighted by molar-refractivity contribution is 5.79. The molecule has 2 heterocycles. The van der Waals surface area contributed by atoms with E-state index in [4.69, 9.17) is 0 Å². The average molecular weight is 253 g/mol. The van der Waals surface area contributed by atoms with Gasteiger partial charge in [0.2, 0.25) is 0 Å². The van der Waals surface area contributed by atoms with Gasteiger partial charge in [-0.05, 0) is 30.2 Å². The van der Waals surface area contributed by atoms with Gasteiger partial charge in [0.25, 0.3) is 0 Å². The number of benzene rings is 1. The van der Waals surface area contributed by atoms with Crippen LogP contribution in [0.5, 0.6) is 0 Å². The monoisotopic (exact) mass is 253 g/mol. The molecule has 2 aliphatic rings. The highest BCUT2D eigenvalue weighted by atomic mass is 15.1. The molecule has 1 saturated carbocycles. The standard InChI is InChI=1S/C16H19N3/c1-11-7-13(11)9-19-10-17-8-15(19)14-4-2-3-12-5-6-18-16(12)14/h2-4,8,10-11,13,18H,5-7,9H2,1H3. The van der Waals surface area contributed by atoms with E-state index >= 15 is 0 Å². The number of imidazole rings is 1. The van der Waals surface area contributed by atoms with Crippen molar-refractivity contribution >= 4 is 5.69 Å². The third kappa shape index (κ3) is 1.84. The normalized spacial score (nSPS) is 24.1. The maximum Gasteiger partial charge on any atom is 0.0951 e. The number of fused-ring (bicyclic) bond motifs is 1. The van der Waals surface area contributed by atoms with Crippen LogP contribution in [0.1, 0.15) is 18.9 Å². The average Bonchev–Trinajstić information content (AvgIpc) is 2.87. The largest absolute Gasteiger partial charge is 0.384 e. The summed E-state index contributed by atoms with van der Waals surface area (Å²) in [4.78, 5) is 4.37. The quantitative estimate of drug-likeness (QED) is 0.910. The van der Waals surface area contributed by atoms with Crippen LogP contribution in [0.3, 0.4) is 0 Å². The van der Waals surface area contributed by atoms with Crippen molar-refractivity contribution in [2.75, 3.05) is 11.9 Å². The van der Waals surface area contributed by atoms with Crippen LogP contribution >= 0.6 is 0 Å². The lowest BCUT2D eigenvalue weighted by Gasteiger charge is -2.12. The van der Waals surface area contributed by atoms with Crippen LogP contribution in [0, 0.1) is 11.8 Å². The van der Waals surface area contributed by atoms with Crippen LogP contribution in [-0.4, -0.2) is 16.1 Å². The molecule has 2 atom stereocenters. The molecule has 1 aliphatic heterocycles. The minimum absolute atomic E-state index is 0.845. The zero-order valence-corrected chi connectivity index (χ0v) is 11.3. The van der Waals surface area contributed by atoms with Gasteiger partial charge in [-0.3, -0.25) is 0 Å². The van der Waals surface area contributed by atoms with Gasteiger partial charge in [-0.2, -0.15) is 0 Å². The van der Waals surface area contributed by atoms with E-state index in [9.17, 15) is 0 Å². The van der Waals surface area contributed by atoms with E-state index in [0.29, 0.717) is 0 Å². The van der Waals surface area contributed by atoms with E-state index in [1.165, 1.54) is 28.9 Å². The first-order valence-corrected chi connectivity index (χ1v) is 7.19. The Morgan fingerprint density at radius 1 is 1.42 bits per heavy atom. The Hall–Kier alpha value is -1.77. The fourth-order valence-electron chi connectivity index (χ4n) is 3.15. The van der Waals surface area contributed by atoms with Gasteiger partial charge in [-0.25, -0.2) is 4.98 Å². The molecule has 19 heavy (non-hydrogen) atoms.